The number of rotatable bonds is 5. The van der Waals surface area contributed by atoms with Crippen LogP contribution in [0.1, 0.15) is 36.4 Å². The van der Waals surface area contributed by atoms with Crippen LogP contribution >= 0.6 is 0 Å². The number of nitrogens with zero attached hydrogens (tertiary/aromatic N) is 2. The number of ether oxygens (including phenoxy) is 1. The summed E-state index contributed by atoms with van der Waals surface area (Å²) in [7, 11) is 1.69. The Labute approximate surface area is 159 Å². The fourth-order valence-electron chi connectivity index (χ4n) is 3.74. The summed E-state index contributed by atoms with van der Waals surface area (Å²) in [6.07, 6.45) is 1.58. The predicted octanol–water partition coefficient (Wildman–Crippen LogP) is 1.02. The number of nitrogens with one attached hydrogen (secondary N) is 1. The molecule has 0 aliphatic carbocycles. The average molecular weight is 373 g/mol. The van der Waals surface area contributed by atoms with Crippen LogP contribution in [0.25, 0.3) is 0 Å². The summed E-state index contributed by atoms with van der Waals surface area (Å²) in [6, 6.07) is 7.19. The largest absolute Gasteiger partial charge is 0.356 e. The molecule has 0 radical (unpaired) electrons. The second-order valence-corrected chi connectivity index (χ2v) is 7.17. The van der Waals surface area contributed by atoms with E-state index in [4.69, 9.17) is 4.74 Å². The van der Waals surface area contributed by atoms with Crippen LogP contribution in [0, 0.1) is 6.92 Å². The van der Waals surface area contributed by atoms with Crippen molar-refractivity contribution in [3.05, 3.63) is 35.4 Å². The van der Waals surface area contributed by atoms with Gasteiger partial charge in [-0.05, 0) is 30.9 Å². The molecule has 27 heavy (non-hydrogen) atoms. The molecular weight excluding hydrogens is 346 g/mol. The van der Waals surface area contributed by atoms with Crippen LogP contribution in [0.5, 0.6) is 0 Å². The fourth-order valence-corrected chi connectivity index (χ4v) is 3.74. The van der Waals surface area contributed by atoms with Crippen molar-refractivity contribution in [2.75, 3.05) is 33.3 Å². The van der Waals surface area contributed by atoms with E-state index in [2.05, 4.69) is 5.32 Å². The predicted molar refractivity (Wildman–Crippen MR) is 99.9 cm³/mol. The summed E-state index contributed by atoms with van der Waals surface area (Å²) in [5.74, 6) is -0.381. The van der Waals surface area contributed by atoms with Crippen LogP contribution in [0.2, 0.25) is 0 Å². The molecule has 2 fully saturated rings. The Morgan fingerprint density at radius 3 is 2.63 bits per heavy atom. The second-order valence-electron chi connectivity index (χ2n) is 7.17. The van der Waals surface area contributed by atoms with Gasteiger partial charge in [-0.25, -0.2) is 0 Å². The average Bonchev–Trinajstić information content (AvgIpc) is 3.19. The van der Waals surface area contributed by atoms with E-state index < -0.39 is 12.1 Å². The van der Waals surface area contributed by atoms with Crippen LogP contribution in [-0.4, -0.2) is 66.9 Å². The van der Waals surface area contributed by atoms with E-state index >= 15 is 0 Å². The monoisotopic (exact) mass is 373 g/mol. The SMILES string of the molecule is Cc1ccccc1C1C(C(=O)NCCC(=O)N2CCCC2)OCC(=O)N1C. The highest BCUT2D eigenvalue weighted by atomic mass is 16.5. The first-order valence-electron chi connectivity index (χ1n) is 9.47. The molecule has 1 aromatic rings. The third-order valence-electron chi connectivity index (χ3n) is 5.35. The summed E-state index contributed by atoms with van der Waals surface area (Å²) in [5, 5.41) is 2.81. The molecule has 0 bridgehead atoms. The first-order chi connectivity index (χ1) is 13.0. The van der Waals surface area contributed by atoms with Crippen LogP contribution in [-0.2, 0) is 19.1 Å². The maximum atomic E-state index is 12.7. The lowest BCUT2D eigenvalue weighted by Gasteiger charge is -2.38. The Hall–Kier alpha value is -2.41. The Balaban J connectivity index is 1.65. The molecule has 146 valence electrons. The maximum Gasteiger partial charge on any atom is 0.251 e. The molecule has 1 aromatic carbocycles. The van der Waals surface area contributed by atoms with E-state index in [-0.39, 0.29) is 37.3 Å². The van der Waals surface area contributed by atoms with Crippen molar-refractivity contribution in [3.8, 4) is 0 Å². The van der Waals surface area contributed by atoms with Crippen molar-refractivity contribution < 1.29 is 19.1 Å². The minimum Gasteiger partial charge on any atom is -0.356 e. The number of carbonyl (C=O) groups is 3. The second kappa shape index (κ2) is 8.52. The highest BCUT2D eigenvalue weighted by Crippen LogP contribution is 2.31. The van der Waals surface area contributed by atoms with E-state index in [0.29, 0.717) is 0 Å². The number of likely N-dealkylation sites (tertiary alicyclic amines) is 1. The van der Waals surface area contributed by atoms with Gasteiger partial charge in [0.15, 0.2) is 6.10 Å². The minimum atomic E-state index is -0.796. The number of hydrogen-bond donors (Lipinski definition) is 1. The number of carbonyl (C=O) groups excluding carboxylic acids is 3. The standard InChI is InChI=1S/C20H27N3O4/c1-14-7-3-4-8-15(14)18-19(27-13-17(25)22(18)2)20(26)21-10-9-16(24)23-11-5-6-12-23/h3-4,7-8,18-19H,5-6,9-13H2,1-2H3,(H,21,26). The lowest BCUT2D eigenvalue weighted by atomic mass is 9.94. The first kappa shape index (κ1) is 19.4. The third kappa shape index (κ3) is 4.30. The van der Waals surface area contributed by atoms with Gasteiger partial charge in [0.05, 0.1) is 6.04 Å². The van der Waals surface area contributed by atoms with Crippen molar-refractivity contribution in [1.82, 2.24) is 15.1 Å². The zero-order valence-electron chi connectivity index (χ0n) is 15.9. The molecule has 0 aromatic heterocycles. The zero-order valence-corrected chi connectivity index (χ0v) is 15.9. The summed E-state index contributed by atoms with van der Waals surface area (Å²) >= 11 is 0. The number of aryl methyl sites for hydroxylation is 1. The van der Waals surface area contributed by atoms with Crippen LogP contribution in [0.3, 0.4) is 0 Å². The Morgan fingerprint density at radius 1 is 1.22 bits per heavy atom. The van der Waals surface area contributed by atoms with Gasteiger partial charge < -0.3 is 19.9 Å². The molecule has 1 N–H and O–H groups in total. The zero-order chi connectivity index (χ0) is 19.4. The molecule has 3 amide bonds. The van der Waals surface area contributed by atoms with Crippen molar-refractivity contribution in [1.29, 1.82) is 0 Å². The molecule has 2 saturated heterocycles. The number of morpholine rings is 1. The first-order valence-corrected chi connectivity index (χ1v) is 9.47. The summed E-state index contributed by atoms with van der Waals surface area (Å²) < 4.78 is 5.60. The van der Waals surface area contributed by atoms with Gasteiger partial charge in [0.25, 0.3) is 5.91 Å². The number of likely N-dealkylation sites (N-methyl/N-ethyl adjacent to an activating group) is 1. The molecule has 2 aliphatic rings. The van der Waals surface area contributed by atoms with Gasteiger partial charge in [-0.2, -0.15) is 0 Å². The van der Waals surface area contributed by atoms with Gasteiger partial charge in [0.1, 0.15) is 6.61 Å². The molecule has 2 atom stereocenters. The van der Waals surface area contributed by atoms with E-state index in [1.165, 1.54) is 0 Å². The lowest BCUT2D eigenvalue weighted by molar-refractivity contribution is -0.162. The van der Waals surface area contributed by atoms with Gasteiger partial charge in [-0.3, -0.25) is 14.4 Å². The van der Waals surface area contributed by atoms with E-state index in [1.807, 2.05) is 36.1 Å². The van der Waals surface area contributed by atoms with Crippen molar-refractivity contribution in [3.63, 3.8) is 0 Å². The highest BCUT2D eigenvalue weighted by Gasteiger charge is 2.40. The fraction of sp³-hybridized carbons (Fsp3) is 0.550. The van der Waals surface area contributed by atoms with Gasteiger partial charge in [0.2, 0.25) is 11.8 Å². The third-order valence-corrected chi connectivity index (χ3v) is 5.35. The van der Waals surface area contributed by atoms with Gasteiger partial charge in [-0.15, -0.1) is 0 Å². The van der Waals surface area contributed by atoms with E-state index in [0.717, 1.165) is 37.1 Å². The maximum absolute atomic E-state index is 12.7. The van der Waals surface area contributed by atoms with E-state index in [9.17, 15) is 14.4 Å². The topological polar surface area (TPSA) is 79.0 Å². The smallest absolute Gasteiger partial charge is 0.251 e. The molecule has 7 heteroatoms. The van der Waals surface area contributed by atoms with Gasteiger partial charge in [0, 0.05) is 33.1 Å². The Bertz CT molecular complexity index is 715. The summed E-state index contributed by atoms with van der Waals surface area (Å²) in [6.45, 7) is 3.71. The Morgan fingerprint density at radius 2 is 1.93 bits per heavy atom. The minimum absolute atomic E-state index is 0.0695. The van der Waals surface area contributed by atoms with Crippen molar-refractivity contribution >= 4 is 17.7 Å². The quantitative estimate of drug-likeness (QED) is 0.836. The molecule has 0 spiro atoms. The molecule has 2 unspecified atom stereocenters. The molecule has 2 aliphatic heterocycles. The molecule has 0 saturated carbocycles. The van der Waals surface area contributed by atoms with Crippen molar-refractivity contribution in [2.45, 2.75) is 38.3 Å². The van der Waals surface area contributed by atoms with Crippen LogP contribution < -0.4 is 5.32 Å². The Kier molecular flexibility index (Phi) is 6.11. The van der Waals surface area contributed by atoms with E-state index in [1.54, 1.807) is 11.9 Å². The van der Waals surface area contributed by atoms with Crippen LogP contribution in [0.15, 0.2) is 24.3 Å². The van der Waals surface area contributed by atoms with Gasteiger partial charge in [-0.1, -0.05) is 24.3 Å². The number of hydrogen-bond acceptors (Lipinski definition) is 4. The number of amides is 3. The van der Waals surface area contributed by atoms with Crippen LogP contribution in [0.4, 0.5) is 0 Å². The molecular formula is C20H27N3O4. The lowest BCUT2D eigenvalue weighted by Crippen LogP contribution is -2.53. The van der Waals surface area contributed by atoms with Crippen molar-refractivity contribution in [2.24, 2.45) is 0 Å². The molecule has 3 rings (SSSR count). The summed E-state index contributed by atoms with van der Waals surface area (Å²) in [4.78, 5) is 40.4. The highest BCUT2D eigenvalue weighted by molar-refractivity contribution is 5.87. The van der Waals surface area contributed by atoms with Gasteiger partial charge >= 0.3 is 0 Å². The number of benzene rings is 1. The molecule has 2 heterocycles. The normalized spacial score (nSPS) is 22.8. The molecule has 7 nitrogen and oxygen atoms in total. The summed E-state index contributed by atoms with van der Waals surface area (Å²) in [5.41, 5.74) is 1.89.